The maximum atomic E-state index is 12.9. The van der Waals surface area contributed by atoms with Crippen LogP contribution < -0.4 is 10.5 Å². The summed E-state index contributed by atoms with van der Waals surface area (Å²) < 4.78 is 18.3. The third-order valence-corrected chi connectivity index (χ3v) is 2.13. The van der Waals surface area contributed by atoms with E-state index < -0.39 is 0 Å². The molecule has 2 nitrogen and oxygen atoms in total. The highest BCUT2D eigenvalue weighted by atomic mass is 19.1. The van der Waals surface area contributed by atoms with Crippen LogP contribution in [0.3, 0.4) is 0 Å². The number of hydrogen-bond donors (Lipinski definition) is 1. The van der Waals surface area contributed by atoms with Crippen molar-refractivity contribution >= 4 is 0 Å². The van der Waals surface area contributed by atoms with Crippen LogP contribution in [-0.2, 0) is 0 Å². The van der Waals surface area contributed by atoms with E-state index in [9.17, 15) is 4.39 Å². The van der Waals surface area contributed by atoms with E-state index in [-0.39, 0.29) is 17.3 Å². The topological polar surface area (TPSA) is 35.2 Å². The summed E-state index contributed by atoms with van der Waals surface area (Å²) in [5.74, 6) is 0.242. The molecule has 0 saturated heterocycles. The highest BCUT2D eigenvalue weighted by Gasteiger charge is 2.15. The second-order valence-electron chi connectivity index (χ2n) is 5.29. The van der Waals surface area contributed by atoms with Gasteiger partial charge in [-0.15, -0.1) is 0 Å². The van der Waals surface area contributed by atoms with Crippen molar-refractivity contribution in [3.63, 3.8) is 0 Å². The number of benzene rings is 1. The lowest BCUT2D eigenvalue weighted by molar-refractivity contribution is 0.240. The standard InChI is InChI=1S/C13H20FNO/c1-13(2,3)8-11(15)9-16-12-6-4-5-10(14)7-12/h4-7,11H,8-9,15H2,1-3H3. The van der Waals surface area contributed by atoms with Crippen molar-refractivity contribution in [3.8, 4) is 5.75 Å². The van der Waals surface area contributed by atoms with Crippen molar-refractivity contribution in [1.82, 2.24) is 0 Å². The third kappa shape index (κ3) is 5.12. The molecule has 90 valence electrons. The maximum Gasteiger partial charge on any atom is 0.126 e. The Kier molecular flexibility index (Phi) is 4.30. The molecule has 0 bridgehead atoms. The predicted octanol–water partition coefficient (Wildman–Crippen LogP) is 2.97. The summed E-state index contributed by atoms with van der Waals surface area (Å²) in [5, 5.41) is 0. The van der Waals surface area contributed by atoms with Gasteiger partial charge in [0.25, 0.3) is 0 Å². The van der Waals surface area contributed by atoms with Crippen LogP contribution in [0.5, 0.6) is 5.75 Å². The molecule has 1 unspecified atom stereocenters. The van der Waals surface area contributed by atoms with Crippen LogP contribution in [0.15, 0.2) is 24.3 Å². The molecule has 1 aromatic carbocycles. The molecule has 0 aliphatic rings. The quantitative estimate of drug-likeness (QED) is 0.855. The van der Waals surface area contributed by atoms with Gasteiger partial charge in [-0.2, -0.15) is 0 Å². The van der Waals surface area contributed by atoms with Crippen LogP contribution in [0.1, 0.15) is 27.2 Å². The molecule has 0 radical (unpaired) electrons. The molecule has 0 aliphatic carbocycles. The van der Waals surface area contributed by atoms with Gasteiger partial charge in [0.15, 0.2) is 0 Å². The largest absolute Gasteiger partial charge is 0.492 e. The first-order valence-corrected chi connectivity index (χ1v) is 5.51. The predicted molar refractivity (Wildman–Crippen MR) is 63.9 cm³/mol. The summed E-state index contributed by atoms with van der Waals surface area (Å²) in [6.45, 7) is 6.82. The van der Waals surface area contributed by atoms with Crippen LogP contribution in [-0.4, -0.2) is 12.6 Å². The molecule has 0 saturated carbocycles. The first-order valence-electron chi connectivity index (χ1n) is 5.51. The van der Waals surface area contributed by atoms with Crippen molar-refractivity contribution in [2.45, 2.75) is 33.2 Å². The molecule has 1 atom stereocenters. The Hall–Kier alpha value is -1.09. The molecular formula is C13H20FNO. The minimum atomic E-state index is -0.290. The van der Waals surface area contributed by atoms with Gasteiger partial charge >= 0.3 is 0 Å². The molecule has 3 heteroatoms. The van der Waals surface area contributed by atoms with Gasteiger partial charge in [-0.25, -0.2) is 4.39 Å². The molecule has 0 aliphatic heterocycles. The second-order valence-corrected chi connectivity index (χ2v) is 5.29. The van der Waals surface area contributed by atoms with Gasteiger partial charge < -0.3 is 10.5 Å². The molecule has 0 aromatic heterocycles. The molecule has 0 fully saturated rings. The molecule has 1 rings (SSSR count). The van der Waals surface area contributed by atoms with E-state index in [0.717, 1.165) is 6.42 Å². The fourth-order valence-electron chi connectivity index (χ4n) is 1.61. The third-order valence-electron chi connectivity index (χ3n) is 2.13. The van der Waals surface area contributed by atoms with Gasteiger partial charge in [-0.05, 0) is 24.0 Å². The lowest BCUT2D eigenvalue weighted by Crippen LogP contribution is -2.32. The van der Waals surface area contributed by atoms with Crippen LogP contribution in [0.25, 0.3) is 0 Å². The summed E-state index contributed by atoms with van der Waals surface area (Å²) in [7, 11) is 0. The average molecular weight is 225 g/mol. The molecule has 0 heterocycles. The van der Waals surface area contributed by atoms with Gasteiger partial charge in [0.05, 0.1) is 0 Å². The van der Waals surface area contributed by atoms with E-state index in [1.807, 2.05) is 0 Å². The maximum absolute atomic E-state index is 12.9. The summed E-state index contributed by atoms with van der Waals surface area (Å²) >= 11 is 0. The number of ether oxygens (including phenoxy) is 1. The minimum Gasteiger partial charge on any atom is -0.492 e. The highest BCUT2D eigenvalue weighted by molar-refractivity contribution is 5.22. The average Bonchev–Trinajstić information content (AvgIpc) is 2.12. The fraction of sp³-hybridized carbons (Fsp3) is 0.538. The van der Waals surface area contributed by atoms with E-state index in [2.05, 4.69) is 20.8 Å². The number of nitrogens with two attached hydrogens (primary N) is 1. The van der Waals surface area contributed by atoms with Crippen LogP contribution in [0.4, 0.5) is 4.39 Å². The summed E-state index contributed by atoms with van der Waals surface area (Å²) in [5.41, 5.74) is 6.11. The monoisotopic (exact) mass is 225 g/mol. The summed E-state index contributed by atoms with van der Waals surface area (Å²) in [6.07, 6.45) is 0.877. The Bertz CT molecular complexity index is 333. The Morgan fingerprint density at radius 3 is 2.62 bits per heavy atom. The zero-order chi connectivity index (χ0) is 12.2. The molecule has 16 heavy (non-hydrogen) atoms. The normalized spacial score (nSPS) is 13.6. The molecular weight excluding hydrogens is 205 g/mol. The zero-order valence-electron chi connectivity index (χ0n) is 10.2. The Morgan fingerprint density at radius 1 is 1.38 bits per heavy atom. The van der Waals surface area contributed by atoms with Gasteiger partial charge in [-0.3, -0.25) is 0 Å². The molecule has 1 aromatic rings. The molecule has 0 amide bonds. The van der Waals surface area contributed by atoms with Crippen LogP contribution in [0, 0.1) is 11.2 Å². The van der Waals surface area contributed by atoms with E-state index in [1.165, 1.54) is 12.1 Å². The van der Waals surface area contributed by atoms with Crippen molar-refractivity contribution in [3.05, 3.63) is 30.1 Å². The summed E-state index contributed by atoms with van der Waals surface area (Å²) in [6, 6.07) is 6.08. The number of hydrogen-bond acceptors (Lipinski definition) is 2. The van der Waals surface area contributed by atoms with Crippen molar-refractivity contribution in [1.29, 1.82) is 0 Å². The van der Waals surface area contributed by atoms with Gasteiger partial charge in [0, 0.05) is 12.1 Å². The minimum absolute atomic E-state index is 0.0248. The molecule has 0 spiro atoms. The van der Waals surface area contributed by atoms with E-state index in [1.54, 1.807) is 12.1 Å². The van der Waals surface area contributed by atoms with Gasteiger partial charge in [0.1, 0.15) is 18.2 Å². The number of halogens is 1. The van der Waals surface area contributed by atoms with Gasteiger partial charge in [0.2, 0.25) is 0 Å². The SMILES string of the molecule is CC(C)(C)CC(N)COc1cccc(F)c1. The van der Waals surface area contributed by atoms with Crippen molar-refractivity contribution < 1.29 is 9.13 Å². The van der Waals surface area contributed by atoms with E-state index in [0.29, 0.717) is 12.4 Å². The number of rotatable bonds is 4. The van der Waals surface area contributed by atoms with E-state index >= 15 is 0 Å². The Labute approximate surface area is 96.6 Å². The van der Waals surface area contributed by atoms with Crippen molar-refractivity contribution in [2.24, 2.45) is 11.1 Å². The zero-order valence-corrected chi connectivity index (χ0v) is 10.2. The van der Waals surface area contributed by atoms with Crippen LogP contribution in [0.2, 0.25) is 0 Å². The smallest absolute Gasteiger partial charge is 0.126 e. The highest BCUT2D eigenvalue weighted by Crippen LogP contribution is 2.20. The fourth-order valence-corrected chi connectivity index (χ4v) is 1.61. The Morgan fingerprint density at radius 2 is 2.06 bits per heavy atom. The first-order chi connectivity index (χ1) is 7.37. The summed E-state index contributed by atoms with van der Waals surface area (Å²) in [4.78, 5) is 0. The Balaban J connectivity index is 2.40. The van der Waals surface area contributed by atoms with Crippen molar-refractivity contribution in [2.75, 3.05) is 6.61 Å². The molecule has 2 N–H and O–H groups in total. The second kappa shape index (κ2) is 5.30. The lowest BCUT2D eigenvalue weighted by atomic mass is 9.89. The van der Waals surface area contributed by atoms with E-state index in [4.69, 9.17) is 10.5 Å². The van der Waals surface area contributed by atoms with Gasteiger partial charge in [-0.1, -0.05) is 26.8 Å². The van der Waals surface area contributed by atoms with Crippen LogP contribution >= 0.6 is 0 Å². The lowest BCUT2D eigenvalue weighted by Gasteiger charge is -2.23. The first kappa shape index (κ1) is 13.0.